The third-order valence-corrected chi connectivity index (χ3v) is 2.59. The molecule has 0 aliphatic heterocycles. The largest absolute Gasteiger partial charge is 0.434 e. The van der Waals surface area contributed by atoms with Crippen LogP contribution in [0, 0.1) is 3.57 Å². The fourth-order valence-electron chi connectivity index (χ4n) is 1.01. The molecular formula is C8H3ClF5IO. The zero-order chi connectivity index (χ0) is 12.5. The molecule has 0 amide bonds. The summed E-state index contributed by atoms with van der Waals surface area (Å²) in [5.41, 5.74) is -1.25. The standard InChI is InChI=1S/C8H3ClF5IO/c9-3-1-4(15)6(8(12,13)14)5(2-3)16-7(10)11/h1-2,7H. The minimum Gasteiger partial charge on any atom is -0.434 e. The summed E-state index contributed by atoms with van der Waals surface area (Å²) in [6.45, 7) is -3.34. The molecule has 1 aromatic rings. The highest BCUT2D eigenvalue weighted by Gasteiger charge is 2.37. The van der Waals surface area contributed by atoms with Crippen molar-refractivity contribution in [2.75, 3.05) is 0 Å². The molecule has 0 unspecified atom stereocenters. The van der Waals surface area contributed by atoms with Crippen LogP contribution in [0.5, 0.6) is 5.75 Å². The summed E-state index contributed by atoms with van der Waals surface area (Å²) in [4.78, 5) is 0. The quantitative estimate of drug-likeness (QED) is 0.546. The van der Waals surface area contributed by atoms with Crippen LogP contribution in [0.15, 0.2) is 12.1 Å². The number of rotatable bonds is 2. The Morgan fingerprint density at radius 3 is 2.25 bits per heavy atom. The van der Waals surface area contributed by atoms with Crippen molar-refractivity contribution in [1.82, 2.24) is 0 Å². The van der Waals surface area contributed by atoms with Crippen molar-refractivity contribution in [3.8, 4) is 5.75 Å². The van der Waals surface area contributed by atoms with E-state index < -0.39 is 24.1 Å². The third-order valence-electron chi connectivity index (χ3n) is 1.52. The molecule has 0 atom stereocenters. The van der Waals surface area contributed by atoms with Crippen molar-refractivity contribution in [2.24, 2.45) is 0 Å². The highest BCUT2D eigenvalue weighted by Crippen LogP contribution is 2.41. The molecule has 0 aliphatic carbocycles. The van der Waals surface area contributed by atoms with E-state index in [1.54, 1.807) is 0 Å². The lowest BCUT2D eigenvalue weighted by Gasteiger charge is -2.15. The van der Waals surface area contributed by atoms with Crippen LogP contribution in [0.3, 0.4) is 0 Å². The number of hydrogen-bond acceptors (Lipinski definition) is 1. The monoisotopic (exact) mass is 372 g/mol. The van der Waals surface area contributed by atoms with Gasteiger partial charge in [-0.3, -0.25) is 0 Å². The van der Waals surface area contributed by atoms with Crippen LogP contribution in [0.2, 0.25) is 5.02 Å². The predicted molar refractivity (Wildman–Crippen MR) is 55.8 cm³/mol. The molecule has 16 heavy (non-hydrogen) atoms. The van der Waals surface area contributed by atoms with Gasteiger partial charge >= 0.3 is 12.8 Å². The lowest BCUT2D eigenvalue weighted by molar-refractivity contribution is -0.142. The van der Waals surface area contributed by atoms with Crippen LogP contribution in [0.25, 0.3) is 0 Å². The van der Waals surface area contributed by atoms with E-state index in [1.165, 1.54) is 22.6 Å². The number of hydrogen-bond donors (Lipinski definition) is 0. The van der Waals surface area contributed by atoms with Crippen LogP contribution in [-0.4, -0.2) is 6.61 Å². The van der Waals surface area contributed by atoms with Crippen LogP contribution in [0.4, 0.5) is 22.0 Å². The smallest absolute Gasteiger partial charge is 0.420 e. The molecular weight excluding hydrogens is 369 g/mol. The minimum atomic E-state index is -4.77. The summed E-state index contributed by atoms with van der Waals surface area (Å²) < 4.78 is 64.9. The molecule has 0 radical (unpaired) electrons. The molecule has 0 fully saturated rings. The first-order valence-corrected chi connectivity index (χ1v) is 5.18. The molecule has 0 spiro atoms. The van der Waals surface area contributed by atoms with Gasteiger partial charge in [0.1, 0.15) is 11.3 Å². The van der Waals surface area contributed by atoms with Gasteiger partial charge in [-0.1, -0.05) is 11.6 Å². The Hall–Kier alpha value is -0.310. The topological polar surface area (TPSA) is 9.23 Å². The fourth-order valence-corrected chi connectivity index (χ4v) is 2.31. The lowest BCUT2D eigenvalue weighted by Crippen LogP contribution is -2.13. The van der Waals surface area contributed by atoms with Crippen LogP contribution < -0.4 is 4.74 Å². The first-order chi connectivity index (χ1) is 7.21. The second-order valence-corrected chi connectivity index (χ2v) is 4.24. The van der Waals surface area contributed by atoms with Gasteiger partial charge in [0.15, 0.2) is 0 Å². The van der Waals surface area contributed by atoms with Crippen molar-refractivity contribution in [2.45, 2.75) is 12.8 Å². The Labute approximate surface area is 106 Å². The summed E-state index contributed by atoms with van der Waals surface area (Å²) in [7, 11) is 0. The molecule has 0 aromatic heterocycles. The molecule has 0 saturated heterocycles. The SMILES string of the molecule is FC(F)Oc1cc(Cl)cc(I)c1C(F)(F)F. The Kier molecular flexibility index (Phi) is 4.22. The molecule has 0 saturated carbocycles. The third kappa shape index (κ3) is 3.34. The maximum atomic E-state index is 12.5. The summed E-state index contributed by atoms with van der Waals surface area (Å²) >= 11 is 6.81. The van der Waals surface area contributed by atoms with E-state index in [0.29, 0.717) is 6.07 Å². The van der Waals surface area contributed by atoms with E-state index in [1.807, 2.05) is 0 Å². The van der Waals surface area contributed by atoms with E-state index in [4.69, 9.17) is 11.6 Å². The number of ether oxygens (including phenoxy) is 1. The van der Waals surface area contributed by atoms with Gasteiger partial charge in [-0.15, -0.1) is 0 Å². The van der Waals surface area contributed by atoms with Crippen LogP contribution in [0.1, 0.15) is 5.56 Å². The van der Waals surface area contributed by atoms with E-state index in [9.17, 15) is 22.0 Å². The maximum absolute atomic E-state index is 12.5. The van der Waals surface area contributed by atoms with E-state index in [0.717, 1.165) is 6.07 Å². The second-order valence-electron chi connectivity index (χ2n) is 2.64. The molecule has 1 aromatic carbocycles. The van der Waals surface area contributed by atoms with E-state index in [-0.39, 0.29) is 8.59 Å². The molecule has 1 rings (SSSR count). The Morgan fingerprint density at radius 1 is 1.25 bits per heavy atom. The maximum Gasteiger partial charge on any atom is 0.420 e. The Balaban J connectivity index is 3.33. The zero-order valence-corrected chi connectivity index (χ0v) is 10.2. The van der Waals surface area contributed by atoms with Gasteiger partial charge < -0.3 is 4.74 Å². The van der Waals surface area contributed by atoms with E-state index >= 15 is 0 Å². The first-order valence-electron chi connectivity index (χ1n) is 3.73. The van der Waals surface area contributed by atoms with Gasteiger partial charge in [-0.25, -0.2) is 0 Å². The van der Waals surface area contributed by atoms with Gasteiger partial charge in [-0.05, 0) is 34.7 Å². The zero-order valence-electron chi connectivity index (χ0n) is 7.29. The van der Waals surface area contributed by atoms with Crippen molar-refractivity contribution in [3.63, 3.8) is 0 Å². The van der Waals surface area contributed by atoms with Gasteiger partial charge in [0.2, 0.25) is 0 Å². The highest BCUT2D eigenvalue weighted by atomic mass is 127. The molecule has 90 valence electrons. The summed E-state index contributed by atoms with van der Waals surface area (Å²) in [6, 6.07) is 1.72. The average molecular weight is 372 g/mol. The summed E-state index contributed by atoms with van der Waals surface area (Å²) in [6.07, 6.45) is -4.77. The highest BCUT2D eigenvalue weighted by molar-refractivity contribution is 14.1. The van der Waals surface area contributed by atoms with Crippen molar-refractivity contribution in [1.29, 1.82) is 0 Å². The normalized spacial score (nSPS) is 12.0. The van der Waals surface area contributed by atoms with Crippen LogP contribution in [-0.2, 0) is 6.18 Å². The molecule has 1 nitrogen and oxygen atoms in total. The summed E-state index contributed by atoms with van der Waals surface area (Å²) in [5, 5.41) is -0.104. The number of alkyl halides is 5. The minimum absolute atomic E-state index is 0.104. The average Bonchev–Trinajstić information content (AvgIpc) is 1.96. The van der Waals surface area contributed by atoms with Crippen LogP contribution >= 0.6 is 34.2 Å². The van der Waals surface area contributed by atoms with Gasteiger partial charge in [0.05, 0.1) is 0 Å². The summed E-state index contributed by atoms with van der Waals surface area (Å²) in [5.74, 6) is -0.973. The molecule has 0 aliphatic rings. The van der Waals surface area contributed by atoms with Gasteiger partial charge in [-0.2, -0.15) is 22.0 Å². The first kappa shape index (κ1) is 13.8. The Morgan fingerprint density at radius 2 is 1.81 bits per heavy atom. The van der Waals surface area contributed by atoms with E-state index in [2.05, 4.69) is 4.74 Å². The second kappa shape index (κ2) is 4.91. The van der Waals surface area contributed by atoms with Crippen molar-refractivity contribution >= 4 is 34.2 Å². The molecule has 0 heterocycles. The molecule has 0 bridgehead atoms. The molecule has 8 heteroatoms. The molecule has 0 N–H and O–H groups in total. The Bertz CT molecular complexity index is 393. The fraction of sp³-hybridized carbons (Fsp3) is 0.250. The van der Waals surface area contributed by atoms with Crippen molar-refractivity contribution < 1.29 is 26.7 Å². The van der Waals surface area contributed by atoms with Gasteiger partial charge in [0, 0.05) is 8.59 Å². The number of halogens is 7. The lowest BCUT2D eigenvalue weighted by atomic mass is 10.2. The van der Waals surface area contributed by atoms with Gasteiger partial charge in [0.25, 0.3) is 0 Å². The number of benzene rings is 1. The van der Waals surface area contributed by atoms with Crippen molar-refractivity contribution in [3.05, 3.63) is 26.3 Å². The predicted octanol–water partition coefficient (Wildman–Crippen LogP) is 4.56.